The maximum Gasteiger partial charge on any atom is 0.186 e. The van der Waals surface area contributed by atoms with Gasteiger partial charge in [-0.05, 0) is 53.8 Å². The van der Waals surface area contributed by atoms with Crippen LogP contribution in [0.2, 0.25) is 0 Å². The minimum Gasteiger partial charge on any atom is -0.302 e. The maximum absolute atomic E-state index is 11.0. The summed E-state index contributed by atoms with van der Waals surface area (Å²) in [6.07, 6.45) is 0. The molecule has 0 heterocycles. The third-order valence-electron chi connectivity index (χ3n) is 3.31. The maximum atomic E-state index is 11.0. The number of rotatable bonds is 3. The van der Waals surface area contributed by atoms with Gasteiger partial charge in [-0.25, -0.2) is 4.21 Å². The number of hydrogen-bond donors (Lipinski definition) is 1. The fraction of sp³-hybridized carbons (Fsp3) is 0.294. The zero-order valence-corrected chi connectivity index (χ0v) is 14.3. The molecule has 0 saturated heterocycles. The molecule has 4 heteroatoms. The number of benzene rings is 2. The van der Waals surface area contributed by atoms with Crippen LogP contribution in [0.25, 0.3) is 0 Å². The Morgan fingerprint density at radius 1 is 1.05 bits per heavy atom. The van der Waals surface area contributed by atoms with E-state index in [1.54, 1.807) is 23.9 Å². The van der Waals surface area contributed by atoms with Gasteiger partial charge in [-0.3, -0.25) is 0 Å². The first-order valence-electron chi connectivity index (χ1n) is 6.77. The lowest BCUT2D eigenvalue weighted by molar-refractivity contribution is 0.564. The average Bonchev–Trinajstić information content (AvgIpc) is 2.40. The van der Waals surface area contributed by atoms with Gasteiger partial charge in [0.05, 0.1) is 4.90 Å². The van der Waals surface area contributed by atoms with Crippen LogP contribution in [0, 0.1) is 6.92 Å². The lowest BCUT2D eigenvalue weighted by Gasteiger charge is -2.20. The summed E-state index contributed by atoms with van der Waals surface area (Å²) in [5.74, 6) is 0. The highest BCUT2D eigenvalue weighted by molar-refractivity contribution is 7.99. The molecule has 0 saturated carbocycles. The Morgan fingerprint density at radius 2 is 1.67 bits per heavy atom. The Kier molecular flexibility index (Phi) is 4.91. The third kappa shape index (κ3) is 4.19. The lowest BCUT2D eigenvalue weighted by atomic mass is 9.87. The highest BCUT2D eigenvalue weighted by Gasteiger charge is 2.15. The fourth-order valence-electron chi connectivity index (χ4n) is 1.93. The van der Waals surface area contributed by atoms with Crippen LogP contribution in [-0.2, 0) is 16.5 Å². The molecule has 0 bridgehead atoms. The summed E-state index contributed by atoms with van der Waals surface area (Å²) in [5, 5.41) is 0. The van der Waals surface area contributed by atoms with Crippen molar-refractivity contribution in [3.63, 3.8) is 0 Å². The van der Waals surface area contributed by atoms with Gasteiger partial charge in [-0.1, -0.05) is 44.7 Å². The second-order valence-corrected chi connectivity index (χ2v) is 8.14. The van der Waals surface area contributed by atoms with Crippen LogP contribution in [0.4, 0.5) is 0 Å². The summed E-state index contributed by atoms with van der Waals surface area (Å²) >= 11 is -0.228. The first-order valence-corrected chi connectivity index (χ1v) is 8.69. The number of hydrogen-bond acceptors (Lipinski definition) is 2. The van der Waals surface area contributed by atoms with Gasteiger partial charge in [-0.2, -0.15) is 0 Å². The van der Waals surface area contributed by atoms with Gasteiger partial charge in [0.25, 0.3) is 0 Å². The van der Waals surface area contributed by atoms with E-state index in [-0.39, 0.29) is 5.41 Å². The molecule has 0 aliphatic heterocycles. The van der Waals surface area contributed by atoms with Crippen LogP contribution in [0.1, 0.15) is 31.9 Å². The van der Waals surface area contributed by atoms with Gasteiger partial charge < -0.3 is 4.55 Å². The second kappa shape index (κ2) is 6.34. The molecule has 1 atom stereocenters. The van der Waals surface area contributed by atoms with Crippen LogP contribution in [0.5, 0.6) is 0 Å². The standard InChI is InChI=1S/C17H20O2S2/c1-12-5-6-13(17(2,3)4)11-16(12)20-14-7-9-15(10-8-14)21(18)19/h5-11H,1-4H3,(H,18,19). The van der Waals surface area contributed by atoms with Crippen LogP contribution in [-0.4, -0.2) is 8.76 Å². The molecule has 2 aromatic carbocycles. The van der Waals surface area contributed by atoms with E-state index in [0.29, 0.717) is 4.90 Å². The minimum absolute atomic E-state index is 0.126. The molecule has 0 aliphatic carbocycles. The molecule has 21 heavy (non-hydrogen) atoms. The number of aryl methyl sites for hydroxylation is 1. The van der Waals surface area contributed by atoms with E-state index in [0.717, 1.165) is 4.90 Å². The fourth-order valence-corrected chi connectivity index (χ4v) is 3.24. The molecule has 1 unspecified atom stereocenters. The third-order valence-corrected chi connectivity index (χ3v) is 5.15. The summed E-state index contributed by atoms with van der Waals surface area (Å²) < 4.78 is 20.0. The van der Waals surface area contributed by atoms with Crippen molar-refractivity contribution in [2.75, 3.05) is 0 Å². The lowest BCUT2D eigenvalue weighted by Crippen LogP contribution is -2.11. The van der Waals surface area contributed by atoms with Gasteiger partial charge in [0.2, 0.25) is 0 Å². The van der Waals surface area contributed by atoms with Crippen molar-refractivity contribution in [1.82, 2.24) is 0 Å². The van der Waals surface area contributed by atoms with Gasteiger partial charge in [0.1, 0.15) is 0 Å². The Hall–Kier alpha value is -1.10. The SMILES string of the molecule is Cc1ccc(C(C)(C)C)cc1Sc1ccc(S(=O)O)cc1. The van der Waals surface area contributed by atoms with Crippen molar-refractivity contribution in [2.24, 2.45) is 0 Å². The first kappa shape index (κ1) is 16.3. The molecule has 2 nitrogen and oxygen atoms in total. The average molecular weight is 320 g/mol. The predicted molar refractivity (Wildman–Crippen MR) is 89.5 cm³/mol. The van der Waals surface area contributed by atoms with E-state index in [1.165, 1.54) is 16.0 Å². The van der Waals surface area contributed by atoms with Gasteiger partial charge in [-0.15, -0.1) is 0 Å². The van der Waals surface area contributed by atoms with E-state index in [1.807, 2.05) is 12.1 Å². The summed E-state index contributed by atoms with van der Waals surface area (Å²) in [5.41, 5.74) is 2.67. The van der Waals surface area contributed by atoms with Crippen molar-refractivity contribution >= 4 is 22.8 Å². The first-order chi connectivity index (χ1) is 9.77. The molecule has 2 aromatic rings. The van der Waals surface area contributed by atoms with E-state index >= 15 is 0 Å². The molecule has 2 rings (SSSR count). The van der Waals surface area contributed by atoms with Crippen molar-refractivity contribution in [1.29, 1.82) is 0 Å². The summed E-state index contributed by atoms with van der Waals surface area (Å²) in [4.78, 5) is 2.72. The Bertz CT molecular complexity index is 655. The molecular formula is C17H20O2S2. The molecule has 0 amide bonds. The van der Waals surface area contributed by atoms with Crippen molar-refractivity contribution in [2.45, 2.75) is 47.8 Å². The molecule has 0 fully saturated rings. The Labute approximate surface area is 133 Å². The molecule has 0 radical (unpaired) electrons. The van der Waals surface area contributed by atoms with Crippen molar-refractivity contribution in [3.05, 3.63) is 53.6 Å². The summed E-state index contributed by atoms with van der Waals surface area (Å²) in [6.45, 7) is 8.72. The van der Waals surface area contributed by atoms with Crippen LogP contribution in [0.15, 0.2) is 57.2 Å². The van der Waals surface area contributed by atoms with Crippen molar-refractivity contribution < 1.29 is 8.76 Å². The molecule has 0 spiro atoms. The van der Waals surface area contributed by atoms with Crippen molar-refractivity contribution in [3.8, 4) is 0 Å². The minimum atomic E-state index is -1.91. The van der Waals surface area contributed by atoms with Gasteiger partial charge in [0.15, 0.2) is 11.1 Å². The van der Waals surface area contributed by atoms with Crippen LogP contribution in [0.3, 0.4) is 0 Å². The van der Waals surface area contributed by atoms with Crippen LogP contribution >= 0.6 is 11.8 Å². The van der Waals surface area contributed by atoms with Gasteiger partial charge >= 0.3 is 0 Å². The second-order valence-electron chi connectivity index (χ2n) is 6.05. The van der Waals surface area contributed by atoms with Crippen LogP contribution < -0.4 is 0 Å². The normalized spacial score (nSPS) is 13.2. The molecule has 1 N–H and O–H groups in total. The smallest absolute Gasteiger partial charge is 0.186 e. The molecule has 112 valence electrons. The highest BCUT2D eigenvalue weighted by Crippen LogP contribution is 2.34. The highest BCUT2D eigenvalue weighted by atomic mass is 32.2. The molecule has 0 aromatic heterocycles. The Morgan fingerprint density at radius 3 is 2.19 bits per heavy atom. The van der Waals surface area contributed by atoms with Gasteiger partial charge in [0, 0.05) is 9.79 Å². The van der Waals surface area contributed by atoms with E-state index < -0.39 is 11.1 Å². The Balaban J connectivity index is 2.28. The summed E-state index contributed by atoms with van der Waals surface area (Å²) in [7, 11) is 0. The summed E-state index contributed by atoms with van der Waals surface area (Å²) in [6, 6.07) is 13.7. The van der Waals surface area contributed by atoms with E-state index in [9.17, 15) is 4.21 Å². The predicted octanol–water partition coefficient (Wildman–Crippen LogP) is 5.02. The monoisotopic (exact) mass is 320 g/mol. The zero-order valence-electron chi connectivity index (χ0n) is 12.7. The van der Waals surface area contributed by atoms with E-state index in [4.69, 9.17) is 4.55 Å². The zero-order chi connectivity index (χ0) is 15.6. The molecule has 0 aliphatic rings. The topological polar surface area (TPSA) is 37.3 Å². The van der Waals surface area contributed by atoms with E-state index in [2.05, 4.69) is 45.9 Å². The largest absolute Gasteiger partial charge is 0.302 e. The molecular weight excluding hydrogens is 300 g/mol. The quantitative estimate of drug-likeness (QED) is 0.806.